The summed E-state index contributed by atoms with van der Waals surface area (Å²) in [6.45, 7) is 3.04. The molecular formula is C18H24N4O3. The van der Waals surface area contributed by atoms with Crippen molar-refractivity contribution in [2.24, 2.45) is 10.7 Å². The summed E-state index contributed by atoms with van der Waals surface area (Å²) in [5.41, 5.74) is 7.61. The van der Waals surface area contributed by atoms with Crippen LogP contribution >= 0.6 is 0 Å². The molecule has 134 valence electrons. The van der Waals surface area contributed by atoms with Crippen LogP contribution in [0, 0.1) is 0 Å². The van der Waals surface area contributed by atoms with Crippen molar-refractivity contribution in [3.05, 3.63) is 42.1 Å². The molecule has 0 bridgehead atoms. The lowest BCUT2D eigenvalue weighted by molar-refractivity contribution is 0.302. The van der Waals surface area contributed by atoms with Gasteiger partial charge in [0, 0.05) is 23.5 Å². The Labute approximate surface area is 147 Å². The number of nitrogens with two attached hydrogens (primary N) is 1. The van der Waals surface area contributed by atoms with Crippen molar-refractivity contribution >= 4 is 11.6 Å². The lowest BCUT2D eigenvalue weighted by Gasteiger charge is -2.11. The Morgan fingerprint density at radius 3 is 2.72 bits per heavy atom. The van der Waals surface area contributed by atoms with Crippen LogP contribution < -0.4 is 25.3 Å². The SMILES string of the molecule is CCCOc1ncccc1CN=C(N)Nc1ccc(OC)c(OC)c1. The molecule has 3 N–H and O–H groups in total. The standard InChI is InChI=1S/C18H24N4O3/c1-4-10-25-17-13(6-5-9-20-17)12-21-18(19)22-14-7-8-15(23-2)16(11-14)24-3/h5-9,11H,4,10,12H2,1-3H3,(H3,19,21,22). The van der Waals surface area contributed by atoms with E-state index >= 15 is 0 Å². The molecule has 25 heavy (non-hydrogen) atoms. The number of hydrogen-bond donors (Lipinski definition) is 2. The van der Waals surface area contributed by atoms with Crippen molar-refractivity contribution in [1.29, 1.82) is 0 Å². The van der Waals surface area contributed by atoms with E-state index in [4.69, 9.17) is 19.9 Å². The molecular weight excluding hydrogens is 320 g/mol. The monoisotopic (exact) mass is 344 g/mol. The zero-order chi connectivity index (χ0) is 18.1. The molecule has 1 aromatic heterocycles. The van der Waals surface area contributed by atoms with Gasteiger partial charge < -0.3 is 25.3 Å². The van der Waals surface area contributed by atoms with Crippen LogP contribution in [0.3, 0.4) is 0 Å². The van der Waals surface area contributed by atoms with Crippen molar-refractivity contribution in [2.75, 3.05) is 26.1 Å². The van der Waals surface area contributed by atoms with Crippen molar-refractivity contribution in [3.63, 3.8) is 0 Å². The molecule has 1 heterocycles. The van der Waals surface area contributed by atoms with E-state index in [0.717, 1.165) is 17.7 Å². The highest BCUT2D eigenvalue weighted by atomic mass is 16.5. The molecule has 0 fully saturated rings. The van der Waals surface area contributed by atoms with Crippen molar-refractivity contribution < 1.29 is 14.2 Å². The minimum Gasteiger partial charge on any atom is -0.493 e. The van der Waals surface area contributed by atoms with Gasteiger partial charge in [-0.25, -0.2) is 9.98 Å². The predicted molar refractivity (Wildman–Crippen MR) is 98.5 cm³/mol. The van der Waals surface area contributed by atoms with E-state index in [-0.39, 0.29) is 5.96 Å². The van der Waals surface area contributed by atoms with Gasteiger partial charge in [-0.3, -0.25) is 0 Å². The predicted octanol–water partition coefficient (Wildman–Crippen LogP) is 2.81. The lowest BCUT2D eigenvalue weighted by Crippen LogP contribution is -2.22. The van der Waals surface area contributed by atoms with Crippen LogP contribution in [0.1, 0.15) is 18.9 Å². The Hall–Kier alpha value is -2.96. The molecule has 0 atom stereocenters. The number of nitrogens with zero attached hydrogens (tertiary/aromatic N) is 2. The summed E-state index contributed by atoms with van der Waals surface area (Å²) in [5.74, 6) is 2.14. The van der Waals surface area contributed by atoms with Crippen LogP contribution in [0.2, 0.25) is 0 Å². The van der Waals surface area contributed by atoms with Gasteiger partial charge in [-0.05, 0) is 24.6 Å². The first kappa shape index (κ1) is 18.4. The van der Waals surface area contributed by atoms with Gasteiger partial charge in [0.05, 0.1) is 27.4 Å². The largest absolute Gasteiger partial charge is 0.493 e. The van der Waals surface area contributed by atoms with E-state index in [2.05, 4.69) is 15.3 Å². The average Bonchev–Trinajstić information content (AvgIpc) is 2.65. The summed E-state index contributed by atoms with van der Waals surface area (Å²) >= 11 is 0. The van der Waals surface area contributed by atoms with Crippen molar-refractivity contribution in [1.82, 2.24) is 4.98 Å². The normalized spacial score (nSPS) is 11.1. The van der Waals surface area contributed by atoms with Crippen LogP contribution in [0.5, 0.6) is 17.4 Å². The molecule has 0 saturated heterocycles. The molecule has 0 saturated carbocycles. The minimum atomic E-state index is 0.289. The van der Waals surface area contributed by atoms with E-state index in [1.165, 1.54) is 0 Å². The van der Waals surface area contributed by atoms with Crippen LogP contribution in [-0.4, -0.2) is 31.8 Å². The Bertz CT molecular complexity index is 719. The summed E-state index contributed by atoms with van der Waals surface area (Å²) in [5, 5.41) is 3.03. The maximum Gasteiger partial charge on any atom is 0.218 e. The molecule has 0 aliphatic rings. The number of nitrogens with one attached hydrogen (secondary N) is 1. The van der Waals surface area contributed by atoms with E-state index in [0.29, 0.717) is 30.5 Å². The Morgan fingerprint density at radius 1 is 1.20 bits per heavy atom. The van der Waals surface area contributed by atoms with E-state index in [1.54, 1.807) is 32.5 Å². The minimum absolute atomic E-state index is 0.289. The van der Waals surface area contributed by atoms with Gasteiger partial charge in [0.1, 0.15) is 0 Å². The fourth-order valence-corrected chi connectivity index (χ4v) is 2.14. The molecule has 0 radical (unpaired) electrons. The third kappa shape index (κ3) is 5.27. The molecule has 7 nitrogen and oxygen atoms in total. The molecule has 0 aliphatic carbocycles. The Morgan fingerprint density at radius 2 is 2.00 bits per heavy atom. The van der Waals surface area contributed by atoms with Crippen LogP contribution in [0.4, 0.5) is 5.69 Å². The van der Waals surface area contributed by atoms with Gasteiger partial charge in [-0.1, -0.05) is 13.0 Å². The Balaban J connectivity index is 2.05. The fourth-order valence-electron chi connectivity index (χ4n) is 2.14. The number of aliphatic imine (C=N–C) groups is 1. The zero-order valence-electron chi connectivity index (χ0n) is 14.8. The fraction of sp³-hybridized carbons (Fsp3) is 0.333. The molecule has 2 rings (SSSR count). The summed E-state index contributed by atoms with van der Waals surface area (Å²) in [6, 6.07) is 9.20. The topological polar surface area (TPSA) is 91.0 Å². The van der Waals surface area contributed by atoms with E-state index in [1.807, 2.05) is 25.1 Å². The third-order valence-electron chi connectivity index (χ3n) is 3.37. The first-order chi connectivity index (χ1) is 12.2. The lowest BCUT2D eigenvalue weighted by atomic mass is 10.2. The Kier molecular flexibility index (Phi) is 6.88. The molecule has 1 aromatic carbocycles. The van der Waals surface area contributed by atoms with E-state index in [9.17, 15) is 0 Å². The highest BCUT2D eigenvalue weighted by molar-refractivity contribution is 5.92. The zero-order valence-corrected chi connectivity index (χ0v) is 14.8. The summed E-state index contributed by atoms with van der Waals surface area (Å²) in [7, 11) is 3.17. The van der Waals surface area contributed by atoms with Gasteiger partial charge in [0.2, 0.25) is 5.88 Å². The number of benzene rings is 1. The number of ether oxygens (including phenoxy) is 3. The summed E-state index contributed by atoms with van der Waals surface area (Å²) in [4.78, 5) is 8.58. The first-order valence-corrected chi connectivity index (χ1v) is 8.03. The molecule has 0 unspecified atom stereocenters. The maximum absolute atomic E-state index is 5.97. The molecule has 0 amide bonds. The van der Waals surface area contributed by atoms with Crippen LogP contribution in [0.25, 0.3) is 0 Å². The molecule has 2 aromatic rings. The number of rotatable bonds is 8. The van der Waals surface area contributed by atoms with Crippen molar-refractivity contribution in [2.45, 2.75) is 19.9 Å². The quantitative estimate of drug-likeness (QED) is 0.565. The second kappa shape index (κ2) is 9.36. The number of anilines is 1. The number of hydrogen-bond acceptors (Lipinski definition) is 5. The third-order valence-corrected chi connectivity index (χ3v) is 3.37. The summed E-state index contributed by atoms with van der Waals surface area (Å²) in [6.07, 6.45) is 2.62. The van der Waals surface area contributed by atoms with Gasteiger partial charge in [0.25, 0.3) is 0 Å². The molecule has 0 aliphatic heterocycles. The highest BCUT2D eigenvalue weighted by Crippen LogP contribution is 2.29. The number of guanidine groups is 1. The second-order valence-corrected chi connectivity index (χ2v) is 5.21. The smallest absolute Gasteiger partial charge is 0.218 e. The average molecular weight is 344 g/mol. The number of aromatic nitrogens is 1. The van der Waals surface area contributed by atoms with Gasteiger partial charge in [-0.2, -0.15) is 0 Å². The second-order valence-electron chi connectivity index (χ2n) is 5.21. The maximum atomic E-state index is 5.97. The first-order valence-electron chi connectivity index (χ1n) is 8.03. The van der Waals surface area contributed by atoms with Gasteiger partial charge in [-0.15, -0.1) is 0 Å². The van der Waals surface area contributed by atoms with Crippen molar-refractivity contribution in [3.8, 4) is 17.4 Å². The molecule has 0 spiro atoms. The number of methoxy groups -OCH3 is 2. The molecule has 7 heteroatoms. The van der Waals surface area contributed by atoms with Crippen LogP contribution in [-0.2, 0) is 6.54 Å². The van der Waals surface area contributed by atoms with Gasteiger partial charge >= 0.3 is 0 Å². The highest BCUT2D eigenvalue weighted by Gasteiger charge is 2.06. The van der Waals surface area contributed by atoms with Gasteiger partial charge in [0.15, 0.2) is 17.5 Å². The number of pyridine rings is 1. The van der Waals surface area contributed by atoms with E-state index < -0.39 is 0 Å². The van der Waals surface area contributed by atoms with Crippen LogP contribution in [0.15, 0.2) is 41.5 Å². The summed E-state index contributed by atoms with van der Waals surface area (Å²) < 4.78 is 16.1.